The van der Waals surface area contributed by atoms with Gasteiger partial charge in [0.15, 0.2) is 5.78 Å². The minimum Gasteiger partial charge on any atom is -0.481 e. The number of hydrogen-bond acceptors (Lipinski definition) is 3. The zero-order valence-electron chi connectivity index (χ0n) is 9.95. The highest BCUT2D eigenvalue weighted by atomic mass is 16.4. The first-order chi connectivity index (χ1) is 7.42. The molecule has 0 aliphatic carbocycles. The number of rotatable bonds is 7. The Morgan fingerprint density at radius 2 is 1.75 bits per heavy atom. The molecule has 0 aliphatic heterocycles. The maximum Gasteiger partial charge on any atom is 0.306 e. The Labute approximate surface area is 95.2 Å². The zero-order valence-corrected chi connectivity index (χ0v) is 9.95. The Hall–Kier alpha value is -1.39. The van der Waals surface area contributed by atoms with E-state index in [0.29, 0.717) is 12.8 Å². The monoisotopic (exact) mass is 229 g/mol. The summed E-state index contributed by atoms with van der Waals surface area (Å²) in [5.74, 6) is -2.11. The molecule has 0 rings (SSSR count). The topological polar surface area (TPSA) is 83.5 Å². The number of carboxylic acids is 1. The molecule has 0 radical (unpaired) electrons. The second kappa shape index (κ2) is 6.98. The van der Waals surface area contributed by atoms with Gasteiger partial charge in [0.25, 0.3) is 0 Å². The van der Waals surface area contributed by atoms with Crippen molar-refractivity contribution in [2.45, 2.75) is 46.1 Å². The highest BCUT2D eigenvalue weighted by molar-refractivity contribution is 5.90. The van der Waals surface area contributed by atoms with E-state index in [1.165, 1.54) is 6.92 Å². The number of aliphatic carboxylic acids is 1. The van der Waals surface area contributed by atoms with E-state index < -0.39 is 17.9 Å². The molecule has 16 heavy (non-hydrogen) atoms. The van der Waals surface area contributed by atoms with E-state index in [4.69, 9.17) is 5.11 Å². The molecule has 0 aromatic carbocycles. The molecule has 2 atom stereocenters. The number of hydrogen-bond donors (Lipinski definition) is 2. The number of carbonyl (C=O) groups is 3. The van der Waals surface area contributed by atoms with Crippen molar-refractivity contribution in [2.24, 2.45) is 5.92 Å². The van der Waals surface area contributed by atoms with Gasteiger partial charge in [0.1, 0.15) is 0 Å². The summed E-state index contributed by atoms with van der Waals surface area (Å²) >= 11 is 0. The van der Waals surface area contributed by atoms with Crippen LogP contribution in [0.15, 0.2) is 0 Å². The first-order valence-electron chi connectivity index (χ1n) is 5.44. The third-order valence-electron chi connectivity index (χ3n) is 2.46. The first kappa shape index (κ1) is 14.6. The van der Waals surface area contributed by atoms with E-state index in [1.807, 2.05) is 0 Å². The standard InChI is InChI=1S/C11H19NO4/c1-4-8(11(15)16)6-10(14)9(5-2)12-7(3)13/h8-9H,4-6H2,1-3H3,(H,12,13)(H,15,16). The van der Waals surface area contributed by atoms with Crippen LogP contribution in [0.5, 0.6) is 0 Å². The normalized spacial score (nSPS) is 13.9. The van der Waals surface area contributed by atoms with Crippen LogP contribution in [0, 0.1) is 5.92 Å². The molecule has 5 nitrogen and oxygen atoms in total. The molecule has 0 spiro atoms. The van der Waals surface area contributed by atoms with E-state index in [2.05, 4.69) is 5.32 Å². The van der Waals surface area contributed by atoms with Crippen LogP contribution in [0.4, 0.5) is 0 Å². The van der Waals surface area contributed by atoms with Crippen molar-refractivity contribution in [3.8, 4) is 0 Å². The molecule has 0 heterocycles. The van der Waals surface area contributed by atoms with Gasteiger partial charge in [-0.3, -0.25) is 14.4 Å². The van der Waals surface area contributed by atoms with Gasteiger partial charge in [-0.05, 0) is 12.8 Å². The fourth-order valence-corrected chi connectivity index (χ4v) is 1.45. The summed E-state index contributed by atoms with van der Waals surface area (Å²) in [5, 5.41) is 11.3. The quantitative estimate of drug-likeness (QED) is 0.681. The third kappa shape index (κ3) is 4.91. The van der Waals surface area contributed by atoms with Crippen LogP contribution in [0.2, 0.25) is 0 Å². The molecule has 2 N–H and O–H groups in total. The minimum absolute atomic E-state index is 0.0232. The van der Waals surface area contributed by atoms with Gasteiger partial charge in [0.05, 0.1) is 12.0 Å². The summed E-state index contributed by atoms with van der Waals surface area (Å²) < 4.78 is 0. The summed E-state index contributed by atoms with van der Waals surface area (Å²) in [7, 11) is 0. The minimum atomic E-state index is -0.964. The lowest BCUT2D eigenvalue weighted by molar-refractivity contribution is -0.144. The van der Waals surface area contributed by atoms with Gasteiger partial charge in [-0.15, -0.1) is 0 Å². The number of amides is 1. The number of Topliss-reactive ketones (excluding diaryl/α,β-unsaturated/α-hetero) is 1. The molecule has 0 aromatic rings. The molecule has 0 aromatic heterocycles. The van der Waals surface area contributed by atoms with Gasteiger partial charge >= 0.3 is 5.97 Å². The second-order valence-corrected chi connectivity index (χ2v) is 3.78. The van der Waals surface area contributed by atoms with Gasteiger partial charge in [-0.1, -0.05) is 13.8 Å². The van der Waals surface area contributed by atoms with Crippen molar-refractivity contribution >= 4 is 17.7 Å². The molecule has 92 valence electrons. The zero-order chi connectivity index (χ0) is 12.7. The van der Waals surface area contributed by atoms with Crippen LogP contribution in [0.25, 0.3) is 0 Å². The Morgan fingerprint density at radius 1 is 1.19 bits per heavy atom. The fourth-order valence-electron chi connectivity index (χ4n) is 1.45. The van der Waals surface area contributed by atoms with Crippen molar-refractivity contribution in [1.82, 2.24) is 5.32 Å². The molecule has 0 fully saturated rings. The lowest BCUT2D eigenvalue weighted by Crippen LogP contribution is -2.40. The van der Waals surface area contributed by atoms with Crippen LogP contribution in [0.1, 0.15) is 40.0 Å². The predicted molar refractivity (Wildman–Crippen MR) is 58.9 cm³/mol. The largest absolute Gasteiger partial charge is 0.481 e. The highest BCUT2D eigenvalue weighted by Crippen LogP contribution is 2.11. The van der Waals surface area contributed by atoms with Gasteiger partial charge in [0.2, 0.25) is 5.91 Å². The smallest absolute Gasteiger partial charge is 0.306 e. The molecule has 0 bridgehead atoms. The summed E-state index contributed by atoms with van der Waals surface area (Å²) in [6.45, 7) is 4.84. The van der Waals surface area contributed by atoms with Crippen LogP contribution in [0.3, 0.4) is 0 Å². The Bertz CT molecular complexity index is 275. The summed E-state index contributed by atoms with van der Waals surface area (Å²) in [5.41, 5.74) is 0. The summed E-state index contributed by atoms with van der Waals surface area (Å²) in [6.07, 6.45) is 0.872. The number of carboxylic acid groups (broad SMARTS) is 1. The Morgan fingerprint density at radius 3 is 2.06 bits per heavy atom. The van der Waals surface area contributed by atoms with E-state index in [9.17, 15) is 14.4 Å². The summed E-state index contributed by atoms with van der Waals surface area (Å²) in [6, 6.07) is -0.564. The number of ketones is 1. The lowest BCUT2D eigenvalue weighted by Gasteiger charge is -2.16. The van der Waals surface area contributed by atoms with E-state index in [0.717, 1.165) is 0 Å². The van der Waals surface area contributed by atoms with E-state index in [-0.39, 0.29) is 18.1 Å². The van der Waals surface area contributed by atoms with Gasteiger partial charge in [0, 0.05) is 13.3 Å². The van der Waals surface area contributed by atoms with Crippen LogP contribution in [-0.2, 0) is 14.4 Å². The molecule has 2 unspecified atom stereocenters. The van der Waals surface area contributed by atoms with Crippen molar-refractivity contribution in [1.29, 1.82) is 0 Å². The molecule has 0 saturated heterocycles. The molecule has 0 saturated carbocycles. The lowest BCUT2D eigenvalue weighted by atomic mass is 9.95. The second-order valence-electron chi connectivity index (χ2n) is 3.78. The molecular formula is C11H19NO4. The average Bonchev–Trinajstić information content (AvgIpc) is 2.21. The molecule has 5 heteroatoms. The van der Waals surface area contributed by atoms with Crippen molar-refractivity contribution in [2.75, 3.05) is 0 Å². The maximum absolute atomic E-state index is 11.7. The number of nitrogens with one attached hydrogen (secondary N) is 1. The van der Waals surface area contributed by atoms with Crippen molar-refractivity contribution < 1.29 is 19.5 Å². The first-order valence-corrected chi connectivity index (χ1v) is 5.44. The Kier molecular flexibility index (Phi) is 6.37. The fraction of sp³-hybridized carbons (Fsp3) is 0.727. The molecule has 0 aliphatic rings. The van der Waals surface area contributed by atoms with Gasteiger partial charge < -0.3 is 10.4 Å². The van der Waals surface area contributed by atoms with Crippen LogP contribution < -0.4 is 5.32 Å². The van der Waals surface area contributed by atoms with E-state index in [1.54, 1.807) is 13.8 Å². The maximum atomic E-state index is 11.7. The SMILES string of the molecule is CCC(CC(=O)C(CC)NC(C)=O)C(=O)O. The Balaban J connectivity index is 4.40. The summed E-state index contributed by atoms with van der Waals surface area (Å²) in [4.78, 5) is 33.3. The number of carbonyl (C=O) groups excluding carboxylic acids is 2. The van der Waals surface area contributed by atoms with E-state index >= 15 is 0 Å². The third-order valence-corrected chi connectivity index (χ3v) is 2.46. The molecule has 1 amide bonds. The van der Waals surface area contributed by atoms with Gasteiger partial charge in [-0.25, -0.2) is 0 Å². The van der Waals surface area contributed by atoms with Crippen LogP contribution in [-0.4, -0.2) is 28.8 Å². The van der Waals surface area contributed by atoms with Gasteiger partial charge in [-0.2, -0.15) is 0 Å². The predicted octanol–water partition coefficient (Wildman–Crippen LogP) is 0.971. The van der Waals surface area contributed by atoms with Crippen molar-refractivity contribution in [3.63, 3.8) is 0 Å². The average molecular weight is 229 g/mol. The highest BCUT2D eigenvalue weighted by Gasteiger charge is 2.24. The molecular weight excluding hydrogens is 210 g/mol. The van der Waals surface area contributed by atoms with Crippen molar-refractivity contribution in [3.05, 3.63) is 0 Å². The van der Waals surface area contributed by atoms with Crippen LogP contribution >= 0.6 is 0 Å².